The highest BCUT2D eigenvalue weighted by atomic mass is 16.5. The molecule has 0 bridgehead atoms. The van der Waals surface area contributed by atoms with Gasteiger partial charge in [-0.2, -0.15) is 0 Å². The molecule has 1 heterocycles. The first-order valence-electron chi connectivity index (χ1n) is 5.92. The number of hydrogen-bond acceptors (Lipinski definition) is 2. The molecule has 2 aromatic rings. The van der Waals surface area contributed by atoms with Crippen LogP contribution in [0.3, 0.4) is 0 Å². The monoisotopic (exact) mass is 232 g/mol. The summed E-state index contributed by atoms with van der Waals surface area (Å²) in [6, 6.07) is 4.30. The highest BCUT2D eigenvalue weighted by Crippen LogP contribution is 2.33. The first-order chi connectivity index (χ1) is 8.10. The third-order valence-electron chi connectivity index (χ3n) is 3.43. The Labute approximate surface area is 102 Å². The molecule has 17 heavy (non-hydrogen) atoms. The van der Waals surface area contributed by atoms with Crippen LogP contribution in [0.25, 0.3) is 10.9 Å². The number of hydrogen-bond donors (Lipinski definition) is 1. The van der Waals surface area contributed by atoms with Crippen LogP contribution in [0.15, 0.2) is 12.1 Å². The van der Waals surface area contributed by atoms with Gasteiger partial charge in [0.2, 0.25) is 0 Å². The van der Waals surface area contributed by atoms with Crippen molar-refractivity contribution in [3.05, 3.63) is 29.0 Å². The number of nitrogens with two attached hydrogens (primary N) is 1. The number of ether oxygens (including phenoxy) is 1. The second kappa shape index (κ2) is 4.41. The second-order valence-electron chi connectivity index (χ2n) is 4.53. The van der Waals surface area contributed by atoms with Crippen molar-refractivity contribution >= 4 is 10.9 Å². The molecule has 0 aliphatic carbocycles. The molecule has 3 nitrogen and oxygen atoms in total. The zero-order chi connectivity index (χ0) is 12.6. The normalized spacial score (nSPS) is 11.1. The lowest BCUT2D eigenvalue weighted by atomic mass is 10.1. The Hall–Kier alpha value is -1.48. The number of benzene rings is 1. The van der Waals surface area contributed by atoms with Gasteiger partial charge in [0.05, 0.1) is 12.6 Å². The van der Waals surface area contributed by atoms with Crippen LogP contribution < -0.4 is 10.5 Å². The number of rotatable bonds is 3. The Morgan fingerprint density at radius 3 is 2.59 bits per heavy atom. The van der Waals surface area contributed by atoms with Crippen LogP contribution in [-0.2, 0) is 13.5 Å². The zero-order valence-electron chi connectivity index (χ0n) is 11.0. The fourth-order valence-electron chi connectivity index (χ4n) is 2.50. The van der Waals surface area contributed by atoms with E-state index in [1.165, 1.54) is 27.7 Å². The predicted octanol–water partition coefficient (Wildman–Crippen LogP) is 2.30. The maximum atomic E-state index is 5.70. The van der Waals surface area contributed by atoms with E-state index in [-0.39, 0.29) is 0 Å². The molecule has 0 aliphatic rings. The van der Waals surface area contributed by atoms with E-state index < -0.39 is 0 Å². The van der Waals surface area contributed by atoms with E-state index in [2.05, 4.69) is 37.6 Å². The summed E-state index contributed by atoms with van der Waals surface area (Å²) in [4.78, 5) is 0. The van der Waals surface area contributed by atoms with Gasteiger partial charge >= 0.3 is 0 Å². The summed E-state index contributed by atoms with van der Waals surface area (Å²) in [6.45, 7) is 4.91. The maximum Gasteiger partial charge on any atom is 0.143 e. The summed E-state index contributed by atoms with van der Waals surface area (Å²) in [6.07, 6.45) is 0.912. The van der Waals surface area contributed by atoms with Crippen LogP contribution >= 0.6 is 0 Å². The molecule has 92 valence electrons. The minimum Gasteiger partial charge on any atom is -0.495 e. The van der Waals surface area contributed by atoms with Gasteiger partial charge in [0.1, 0.15) is 5.75 Å². The maximum absolute atomic E-state index is 5.70. The van der Waals surface area contributed by atoms with Crippen molar-refractivity contribution in [2.45, 2.75) is 20.3 Å². The standard InChI is InChI=1S/C14H20N2O/c1-9-7-12-11(5-6-15)10(2)16(3)14(12)13(8-9)17-4/h7-8H,5-6,15H2,1-4H3. The van der Waals surface area contributed by atoms with Crippen molar-refractivity contribution in [1.82, 2.24) is 4.57 Å². The second-order valence-corrected chi connectivity index (χ2v) is 4.53. The molecule has 1 aromatic carbocycles. The Balaban J connectivity index is 2.84. The van der Waals surface area contributed by atoms with E-state index in [0.717, 1.165) is 12.2 Å². The van der Waals surface area contributed by atoms with Crippen molar-refractivity contribution in [3.63, 3.8) is 0 Å². The van der Waals surface area contributed by atoms with Crippen molar-refractivity contribution in [2.24, 2.45) is 12.8 Å². The summed E-state index contributed by atoms with van der Waals surface area (Å²) in [5.41, 5.74) is 10.7. The number of methoxy groups -OCH3 is 1. The molecule has 0 atom stereocenters. The first-order valence-corrected chi connectivity index (χ1v) is 5.92. The lowest BCUT2D eigenvalue weighted by Gasteiger charge is -2.06. The molecular weight excluding hydrogens is 212 g/mol. The lowest BCUT2D eigenvalue weighted by molar-refractivity contribution is 0.417. The quantitative estimate of drug-likeness (QED) is 0.882. The zero-order valence-corrected chi connectivity index (χ0v) is 11.0. The number of aromatic nitrogens is 1. The Kier molecular flexibility index (Phi) is 3.11. The van der Waals surface area contributed by atoms with Gasteiger partial charge < -0.3 is 15.0 Å². The fraction of sp³-hybridized carbons (Fsp3) is 0.429. The topological polar surface area (TPSA) is 40.2 Å². The molecule has 1 aromatic heterocycles. The van der Waals surface area contributed by atoms with E-state index in [9.17, 15) is 0 Å². The Morgan fingerprint density at radius 1 is 1.29 bits per heavy atom. The van der Waals surface area contributed by atoms with E-state index in [1.54, 1.807) is 7.11 Å². The third kappa shape index (κ3) is 1.80. The van der Waals surface area contributed by atoms with Gasteiger partial charge in [-0.3, -0.25) is 0 Å². The third-order valence-corrected chi connectivity index (χ3v) is 3.43. The van der Waals surface area contributed by atoms with E-state index in [4.69, 9.17) is 10.5 Å². The summed E-state index contributed by atoms with van der Waals surface area (Å²) < 4.78 is 7.68. The van der Waals surface area contributed by atoms with Crippen molar-refractivity contribution in [3.8, 4) is 5.75 Å². The molecule has 0 saturated heterocycles. The SMILES string of the molecule is COc1cc(C)cc2c(CCN)c(C)n(C)c12. The van der Waals surface area contributed by atoms with E-state index >= 15 is 0 Å². The minimum atomic E-state index is 0.677. The van der Waals surface area contributed by atoms with Gasteiger partial charge in [-0.15, -0.1) is 0 Å². The molecule has 0 saturated carbocycles. The number of aryl methyl sites for hydroxylation is 2. The molecule has 2 N–H and O–H groups in total. The largest absolute Gasteiger partial charge is 0.495 e. The fourth-order valence-corrected chi connectivity index (χ4v) is 2.50. The van der Waals surface area contributed by atoms with Gasteiger partial charge in [0.15, 0.2) is 0 Å². The highest BCUT2D eigenvalue weighted by Gasteiger charge is 2.15. The molecule has 3 heteroatoms. The summed E-state index contributed by atoms with van der Waals surface area (Å²) >= 11 is 0. The van der Waals surface area contributed by atoms with Crippen molar-refractivity contribution in [2.75, 3.05) is 13.7 Å². The smallest absolute Gasteiger partial charge is 0.143 e. The van der Waals surface area contributed by atoms with Crippen LogP contribution in [0.2, 0.25) is 0 Å². The number of fused-ring (bicyclic) bond motifs is 1. The molecule has 0 amide bonds. The van der Waals surface area contributed by atoms with Crippen LogP contribution in [0, 0.1) is 13.8 Å². The molecule has 2 rings (SSSR count). The Bertz CT molecular complexity index is 555. The average Bonchev–Trinajstić information content (AvgIpc) is 2.54. The number of nitrogens with zero attached hydrogens (tertiary/aromatic N) is 1. The molecular formula is C14H20N2O. The van der Waals surface area contributed by atoms with Crippen LogP contribution in [0.1, 0.15) is 16.8 Å². The molecule has 0 radical (unpaired) electrons. The van der Waals surface area contributed by atoms with Crippen LogP contribution in [-0.4, -0.2) is 18.2 Å². The average molecular weight is 232 g/mol. The lowest BCUT2D eigenvalue weighted by Crippen LogP contribution is -2.04. The van der Waals surface area contributed by atoms with Crippen molar-refractivity contribution < 1.29 is 4.74 Å². The molecule has 0 fully saturated rings. The van der Waals surface area contributed by atoms with Gasteiger partial charge in [0.25, 0.3) is 0 Å². The van der Waals surface area contributed by atoms with Crippen LogP contribution in [0.5, 0.6) is 5.75 Å². The minimum absolute atomic E-state index is 0.677. The van der Waals surface area contributed by atoms with Gasteiger partial charge in [-0.1, -0.05) is 0 Å². The summed E-state index contributed by atoms with van der Waals surface area (Å²) in [5.74, 6) is 0.939. The summed E-state index contributed by atoms with van der Waals surface area (Å²) in [7, 11) is 3.80. The summed E-state index contributed by atoms with van der Waals surface area (Å²) in [5, 5.41) is 1.27. The van der Waals surface area contributed by atoms with Crippen LogP contribution in [0.4, 0.5) is 0 Å². The highest BCUT2D eigenvalue weighted by molar-refractivity contribution is 5.91. The molecule has 0 spiro atoms. The first kappa shape index (κ1) is 12.0. The Morgan fingerprint density at radius 2 is 2.00 bits per heavy atom. The predicted molar refractivity (Wildman–Crippen MR) is 71.7 cm³/mol. The van der Waals surface area contributed by atoms with E-state index in [1.807, 2.05) is 0 Å². The molecule has 0 aliphatic heterocycles. The van der Waals surface area contributed by atoms with Crippen molar-refractivity contribution in [1.29, 1.82) is 0 Å². The van der Waals surface area contributed by atoms with Gasteiger partial charge in [0, 0.05) is 18.1 Å². The van der Waals surface area contributed by atoms with Gasteiger partial charge in [-0.05, 0) is 50.1 Å². The van der Waals surface area contributed by atoms with Gasteiger partial charge in [-0.25, -0.2) is 0 Å². The molecule has 0 unspecified atom stereocenters. The van der Waals surface area contributed by atoms with E-state index in [0.29, 0.717) is 6.54 Å².